The third-order valence-electron chi connectivity index (χ3n) is 2.73. The molecular formula is C13H25N3S. The van der Waals surface area contributed by atoms with Gasteiger partial charge < -0.3 is 10.2 Å². The number of nitrogens with one attached hydrogen (secondary N) is 1. The minimum Gasteiger partial charge on any atom is -0.315 e. The van der Waals surface area contributed by atoms with Gasteiger partial charge in [0.25, 0.3) is 0 Å². The van der Waals surface area contributed by atoms with Gasteiger partial charge in [-0.15, -0.1) is 11.3 Å². The van der Waals surface area contributed by atoms with Crippen molar-refractivity contribution in [3.05, 3.63) is 16.1 Å². The zero-order valence-corrected chi connectivity index (χ0v) is 12.7. The van der Waals surface area contributed by atoms with Crippen molar-refractivity contribution in [2.24, 2.45) is 0 Å². The molecule has 0 amide bonds. The van der Waals surface area contributed by atoms with Crippen molar-refractivity contribution >= 4 is 11.3 Å². The Labute approximate surface area is 109 Å². The molecule has 1 rings (SSSR count). The van der Waals surface area contributed by atoms with Crippen molar-refractivity contribution in [2.75, 3.05) is 27.7 Å². The Hall–Kier alpha value is -0.450. The van der Waals surface area contributed by atoms with Gasteiger partial charge in [0, 0.05) is 29.8 Å². The first kappa shape index (κ1) is 14.6. The highest BCUT2D eigenvalue weighted by Gasteiger charge is 2.18. The molecule has 1 aromatic heterocycles. The van der Waals surface area contributed by atoms with Crippen LogP contribution in [0, 0.1) is 0 Å². The van der Waals surface area contributed by atoms with E-state index in [4.69, 9.17) is 4.98 Å². The molecule has 0 aliphatic heterocycles. The minimum atomic E-state index is 0.158. The van der Waals surface area contributed by atoms with Crippen LogP contribution >= 0.6 is 11.3 Å². The SMILES string of the molecule is CNC(Cc1nc(C(C)(C)C)cs1)CN(C)C. The van der Waals surface area contributed by atoms with E-state index in [0.29, 0.717) is 6.04 Å². The second-order valence-corrected chi connectivity index (χ2v) is 6.77. The van der Waals surface area contributed by atoms with Gasteiger partial charge in [-0.05, 0) is 21.1 Å². The van der Waals surface area contributed by atoms with E-state index in [1.165, 1.54) is 10.7 Å². The van der Waals surface area contributed by atoms with E-state index in [-0.39, 0.29) is 5.41 Å². The summed E-state index contributed by atoms with van der Waals surface area (Å²) >= 11 is 1.78. The third kappa shape index (κ3) is 4.74. The summed E-state index contributed by atoms with van der Waals surface area (Å²) in [5.74, 6) is 0. The number of likely N-dealkylation sites (N-methyl/N-ethyl adjacent to an activating group) is 2. The standard InChI is InChI=1S/C13H25N3S/c1-13(2,3)11-9-17-12(15-11)7-10(14-4)8-16(5)6/h9-10,14H,7-8H2,1-6H3. The average molecular weight is 255 g/mol. The Morgan fingerprint density at radius 1 is 1.41 bits per heavy atom. The Balaban J connectivity index is 2.65. The van der Waals surface area contributed by atoms with Crippen LogP contribution in [0.4, 0.5) is 0 Å². The van der Waals surface area contributed by atoms with Gasteiger partial charge in [0.2, 0.25) is 0 Å². The summed E-state index contributed by atoms with van der Waals surface area (Å²) in [7, 11) is 6.23. The van der Waals surface area contributed by atoms with E-state index in [0.717, 1.165) is 13.0 Å². The summed E-state index contributed by atoms with van der Waals surface area (Å²) in [6.07, 6.45) is 1.01. The monoisotopic (exact) mass is 255 g/mol. The van der Waals surface area contributed by atoms with Crippen molar-refractivity contribution in [3.8, 4) is 0 Å². The minimum absolute atomic E-state index is 0.158. The molecule has 0 saturated heterocycles. The van der Waals surface area contributed by atoms with Gasteiger partial charge in [-0.2, -0.15) is 0 Å². The van der Waals surface area contributed by atoms with Gasteiger partial charge in [0.1, 0.15) is 0 Å². The molecule has 0 aliphatic carbocycles. The first-order chi connectivity index (χ1) is 7.82. The van der Waals surface area contributed by atoms with Crippen LogP contribution < -0.4 is 5.32 Å². The van der Waals surface area contributed by atoms with E-state index in [1.807, 2.05) is 7.05 Å². The first-order valence-electron chi connectivity index (χ1n) is 6.10. The fourth-order valence-electron chi connectivity index (χ4n) is 1.66. The number of thiazole rings is 1. The van der Waals surface area contributed by atoms with E-state index in [9.17, 15) is 0 Å². The number of rotatable bonds is 5. The summed E-state index contributed by atoms with van der Waals surface area (Å²) in [4.78, 5) is 6.94. The van der Waals surface area contributed by atoms with Gasteiger partial charge in [-0.25, -0.2) is 4.98 Å². The van der Waals surface area contributed by atoms with Crippen molar-refractivity contribution in [1.29, 1.82) is 0 Å². The Bertz CT molecular complexity index is 339. The lowest BCUT2D eigenvalue weighted by atomic mass is 9.93. The highest BCUT2D eigenvalue weighted by molar-refractivity contribution is 7.09. The van der Waals surface area contributed by atoms with Crippen molar-refractivity contribution < 1.29 is 0 Å². The van der Waals surface area contributed by atoms with Gasteiger partial charge >= 0.3 is 0 Å². The quantitative estimate of drug-likeness (QED) is 0.873. The molecule has 1 unspecified atom stereocenters. The molecule has 0 aliphatic rings. The predicted octanol–water partition coefficient (Wildman–Crippen LogP) is 2.13. The van der Waals surface area contributed by atoms with Crippen LogP contribution in [-0.2, 0) is 11.8 Å². The number of nitrogens with zero attached hydrogens (tertiary/aromatic N) is 2. The second-order valence-electron chi connectivity index (χ2n) is 5.83. The van der Waals surface area contributed by atoms with Crippen LogP contribution in [0.25, 0.3) is 0 Å². The van der Waals surface area contributed by atoms with Gasteiger partial charge in [0.15, 0.2) is 0 Å². The predicted molar refractivity (Wildman–Crippen MR) is 75.9 cm³/mol. The van der Waals surface area contributed by atoms with Gasteiger partial charge in [-0.3, -0.25) is 0 Å². The molecule has 4 heteroatoms. The van der Waals surface area contributed by atoms with E-state index in [2.05, 4.69) is 50.5 Å². The molecular weight excluding hydrogens is 230 g/mol. The zero-order valence-electron chi connectivity index (χ0n) is 11.9. The van der Waals surface area contributed by atoms with Crippen LogP contribution in [0.15, 0.2) is 5.38 Å². The number of aromatic nitrogens is 1. The fourth-order valence-corrected chi connectivity index (χ4v) is 2.76. The number of hydrogen-bond donors (Lipinski definition) is 1. The second kappa shape index (κ2) is 5.94. The van der Waals surface area contributed by atoms with Gasteiger partial charge in [0.05, 0.1) is 10.7 Å². The molecule has 1 atom stereocenters. The van der Waals surface area contributed by atoms with Crippen LogP contribution in [-0.4, -0.2) is 43.6 Å². The van der Waals surface area contributed by atoms with Gasteiger partial charge in [-0.1, -0.05) is 20.8 Å². The summed E-state index contributed by atoms with van der Waals surface area (Å²) in [5, 5.41) is 6.78. The van der Waals surface area contributed by atoms with Crippen molar-refractivity contribution in [1.82, 2.24) is 15.2 Å². The molecule has 0 saturated carbocycles. The Morgan fingerprint density at radius 2 is 2.06 bits per heavy atom. The summed E-state index contributed by atoms with van der Waals surface area (Å²) < 4.78 is 0. The molecule has 3 nitrogen and oxygen atoms in total. The van der Waals surface area contributed by atoms with E-state index in [1.54, 1.807) is 11.3 Å². The summed E-state index contributed by atoms with van der Waals surface area (Å²) in [5.41, 5.74) is 1.36. The molecule has 0 spiro atoms. The van der Waals surface area contributed by atoms with Crippen LogP contribution in [0.5, 0.6) is 0 Å². The first-order valence-corrected chi connectivity index (χ1v) is 6.97. The fraction of sp³-hybridized carbons (Fsp3) is 0.769. The Morgan fingerprint density at radius 3 is 2.47 bits per heavy atom. The molecule has 17 heavy (non-hydrogen) atoms. The maximum atomic E-state index is 4.74. The zero-order chi connectivity index (χ0) is 13.1. The molecule has 0 aromatic carbocycles. The topological polar surface area (TPSA) is 28.2 Å². The van der Waals surface area contributed by atoms with Crippen molar-refractivity contribution in [2.45, 2.75) is 38.6 Å². The summed E-state index contributed by atoms with van der Waals surface area (Å²) in [6.45, 7) is 7.67. The van der Waals surface area contributed by atoms with E-state index < -0.39 is 0 Å². The average Bonchev–Trinajstić information content (AvgIpc) is 2.63. The molecule has 0 fully saturated rings. The molecule has 1 heterocycles. The maximum Gasteiger partial charge on any atom is 0.0944 e. The van der Waals surface area contributed by atoms with E-state index >= 15 is 0 Å². The third-order valence-corrected chi connectivity index (χ3v) is 3.61. The van der Waals surface area contributed by atoms with Crippen molar-refractivity contribution in [3.63, 3.8) is 0 Å². The lowest BCUT2D eigenvalue weighted by Crippen LogP contribution is -2.37. The van der Waals surface area contributed by atoms with Crippen LogP contribution in [0.2, 0.25) is 0 Å². The lowest BCUT2D eigenvalue weighted by molar-refractivity contribution is 0.346. The molecule has 0 bridgehead atoms. The largest absolute Gasteiger partial charge is 0.315 e. The maximum absolute atomic E-state index is 4.74. The Kier molecular flexibility index (Phi) is 5.10. The molecule has 1 aromatic rings. The summed E-state index contributed by atoms with van der Waals surface area (Å²) in [6, 6.07) is 0.476. The molecule has 0 radical (unpaired) electrons. The lowest BCUT2D eigenvalue weighted by Gasteiger charge is -2.19. The normalized spacial score (nSPS) is 14.3. The molecule has 1 N–H and O–H groups in total. The van der Waals surface area contributed by atoms with Crippen LogP contribution in [0.1, 0.15) is 31.5 Å². The highest BCUT2D eigenvalue weighted by Crippen LogP contribution is 2.24. The highest BCUT2D eigenvalue weighted by atomic mass is 32.1. The molecule has 98 valence electrons. The smallest absolute Gasteiger partial charge is 0.0944 e. The van der Waals surface area contributed by atoms with Crippen LogP contribution in [0.3, 0.4) is 0 Å². The number of hydrogen-bond acceptors (Lipinski definition) is 4.